The van der Waals surface area contributed by atoms with Crippen molar-refractivity contribution in [1.29, 1.82) is 0 Å². The van der Waals surface area contributed by atoms with E-state index in [0.717, 1.165) is 10.3 Å². The number of amides is 4. The molecule has 4 aliphatic rings. The normalized spacial score (nSPS) is 33.2. The maximum Gasteiger partial charge on any atom is 0.253 e. The highest BCUT2D eigenvalue weighted by Crippen LogP contribution is 2.66. The summed E-state index contributed by atoms with van der Waals surface area (Å²) in [6.45, 7) is 0. The number of imide groups is 2. The Labute approximate surface area is 239 Å². The Morgan fingerprint density at radius 2 is 1.55 bits per heavy atom. The number of fused-ring (bicyclic) bond motifs is 5. The summed E-state index contributed by atoms with van der Waals surface area (Å²) in [7, 11) is 1.34. The Balaban J connectivity index is 1.44. The summed E-state index contributed by atoms with van der Waals surface area (Å²) in [6.07, 6.45) is 2.03. The fourth-order valence-electron chi connectivity index (χ4n) is 7.43. The lowest BCUT2D eigenvalue weighted by Gasteiger charge is -2.50. The Kier molecular flexibility index (Phi) is 5.32. The van der Waals surface area contributed by atoms with E-state index in [-0.39, 0.29) is 30.4 Å². The van der Waals surface area contributed by atoms with Gasteiger partial charge in [-0.1, -0.05) is 66.2 Å². The Morgan fingerprint density at radius 1 is 0.850 bits per heavy atom. The van der Waals surface area contributed by atoms with E-state index in [1.165, 1.54) is 11.9 Å². The van der Waals surface area contributed by atoms with E-state index in [2.05, 4.69) is 0 Å². The first kappa shape index (κ1) is 25.3. The van der Waals surface area contributed by atoms with Gasteiger partial charge in [-0.25, -0.2) is 0 Å². The van der Waals surface area contributed by atoms with Crippen LogP contribution in [0.3, 0.4) is 0 Å². The molecule has 2 saturated heterocycles. The molecule has 0 bridgehead atoms. The molecular formula is C31H24Cl2N2O5. The number of aromatic hydroxyl groups is 1. The highest BCUT2D eigenvalue weighted by Gasteiger charge is 2.76. The predicted octanol–water partition coefficient (Wildman–Crippen LogP) is 4.74. The minimum absolute atomic E-state index is 0.0691. The Bertz CT molecular complexity index is 1690. The number of carbonyl (C=O) groups is 4. The zero-order chi connectivity index (χ0) is 28.1. The van der Waals surface area contributed by atoms with Crippen molar-refractivity contribution in [2.45, 2.75) is 28.5 Å². The van der Waals surface area contributed by atoms with Gasteiger partial charge >= 0.3 is 0 Å². The number of para-hydroxylation sites is 1. The predicted molar refractivity (Wildman–Crippen MR) is 150 cm³/mol. The zero-order valence-corrected chi connectivity index (χ0v) is 22.9. The summed E-state index contributed by atoms with van der Waals surface area (Å²) in [5, 5.41) is 12.9. The highest BCUT2D eigenvalue weighted by atomic mass is 35.5. The number of likely N-dealkylation sites (tertiary alicyclic amines) is 1. The van der Waals surface area contributed by atoms with Gasteiger partial charge in [0.1, 0.15) is 5.75 Å². The summed E-state index contributed by atoms with van der Waals surface area (Å²) >= 11 is 14.4. The summed E-state index contributed by atoms with van der Waals surface area (Å²) in [5.74, 6) is -5.14. The second-order valence-electron chi connectivity index (χ2n) is 11.1. The number of rotatable bonds is 2. The fraction of sp³-hybridized carbons (Fsp3) is 0.290. The molecule has 7 rings (SSSR count). The molecule has 4 amide bonds. The smallest absolute Gasteiger partial charge is 0.253 e. The van der Waals surface area contributed by atoms with Crippen molar-refractivity contribution in [2.75, 3.05) is 11.9 Å². The number of alkyl halides is 2. The van der Waals surface area contributed by atoms with Crippen LogP contribution in [0.1, 0.15) is 24.3 Å². The Morgan fingerprint density at radius 3 is 2.30 bits per heavy atom. The molecule has 1 N–H and O–H groups in total. The van der Waals surface area contributed by atoms with Crippen molar-refractivity contribution in [3.8, 4) is 5.75 Å². The topological polar surface area (TPSA) is 95.0 Å². The number of phenolic OH excluding ortho intramolecular Hbond substituents is 1. The van der Waals surface area contributed by atoms with Crippen molar-refractivity contribution >= 4 is 63.3 Å². The number of allylic oxidation sites excluding steroid dienone is 2. The molecule has 6 atom stereocenters. The first-order valence-electron chi connectivity index (χ1n) is 13.1. The van der Waals surface area contributed by atoms with Gasteiger partial charge in [0.15, 0.2) is 9.75 Å². The van der Waals surface area contributed by atoms with Gasteiger partial charge < -0.3 is 5.11 Å². The van der Waals surface area contributed by atoms with Crippen molar-refractivity contribution in [1.82, 2.24) is 4.90 Å². The minimum Gasteiger partial charge on any atom is -0.507 e. The van der Waals surface area contributed by atoms with Crippen LogP contribution in [0.5, 0.6) is 5.75 Å². The van der Waals surface area contributed by atoms with Crippen LogP contribution in [0.4, 0.5) is 5.69 Å². The van der Waals surface area contributed by atoms with Crippen LogP contribution in [0.2, 0.25) is 0 Å². The molecule has 202 valence electrons. The molecule has 2 aliphatic carbocycles. The molecule has 2 aliphatic heterocycles. The van der Waals surface area contributed by atoms with E-state index in [9.17, 15) is 24.3 Å². The van der Waals surface area contributed by atoms with Crippen LogP contribution in [0, 0.1) is 17.8 Å². The molecule has 3 fully saturated rings. The molecule has 0 spiro atoms. The van der Waals surface area contributed by atoms with E-state index < -0.39 is 45.2 Å². The maximum atomic E-state index is 14.0. The summed E-state index contributed by atoms with van der Waals surface area (Å²) in [5.41, 5.74) is 1.47. The quantitative estimate of drug-likeness (QED) is 0.271. The van der Waals surface area contributed by atoms with Gasteiger partial charge in [-0.2, -0.15) is 0 Å². The van der Waals surface area contributed by atoms with E-state index in [1.54, 1.807) is 48.5 Å². The number of hydrogen-bond acceptors (Lipinski definition) is 5. The molecule has 40 heavy (non-hydrogen) atoms. The summed E-state index contributed by atoms with van der Waals surface area (Å²) in [6, 6.07) is 19.5. The second-order valence-corrected chi connectivity index (χ2v) is 12.3. The molecule has 0 radical (unpaired) electrons. The van der Waals surface area contributed by atoms with Gasteiger partial charge in [-0.3, -0.25) is 29.0 Å². The molecule has 7 nitrogen and oxygen atoms in total. The lowest BCUT2D eigenvalue weighted by atomic mass is 9.56. The zero-order valence-electron chi connectivity index (χ0n) is 21.4. The average molecular weight is 575 g/mol. The summed E-state index contributed by atoms with van der Waals surface area (Å²) in [4.78, 5) is 53.2. The highest BCUT2D eigenvalue weighted by molar-refractivity contribution is 6.53. The molecule has 9 heteroatoms. The molecular weight excluding hydrogens is 551 g/mol. The summed E-state index contributed by atoms with van der Waals surface area (Å²) < 4.78 is 0. The molecule has 2 heterocycles. The SMILES string of the molecule is CN1C(=O)[C@]2(Cl)C[C@@H]3C(=CC[C@@H]4C(=O)N(c5ccccc5)C(=O)[C@@H]43)[C@H](c3ccc4ccccc4c3O)[C@]2(Cl)C1=O. The first-order valence-corrected chi connectivity index (χ1v) is 13.9. The second kappa shape index (κ2) is 8.41. The largest absolute Gasteiger partial charge is 0.507 e. The number of halogens is 2. The number of nitrogens with zero attached hydrogens (tertiary/aromatic N) is 2. The molecule has 0 unspecified atom stereocenters. The average Bonchev–Trinajstić information content (AvgIpc) is 3.29. The third-order valence-electron chi connectivity index (χ3n) is 9.27. The van der Waals surface area contributed by atoms with Gasteiger partial charge in [-0.05, 0) is 36.3 Å². The van der Waals surface area contributed by atoms with Crippen LogP contribution in [-0.4, -0.2) is 50.4 Å². The Hall–Kier alpha value is -3.68. The van der Waals surface area contributed by atoms with Crippen molar-refractivity contribution in [2.24, 2.45) is 17.8 Å². The third kappa shape index (κ3) is 2.97. The fourth-order valence-corrected chi connectivity index (χ4v) is 8.44. The lowest BCUT2D eigenvalue weighted by molar-refractivity contribution is -0.138. The maximum absolute atomic E-state index is 14.0. The number of benzene rings is 3. The van der Waals surface area contributed by atoms with E-state index >= 15 is 0 Å². The number of carbonyl (C=O) groups excluding carboxylic acids is 4. The molecule has 3 aromatic rings. The van der Waals surface area contributed by atoms with E-state index in [1.807, 2.05) is 24.3 Å². The van der Waals surface area contributed by atoms with Gasteiger partial charge in [-0.15, -0.1) is 23.2 Å². The van der Waals surface area contributed by atoms with E-state index in [4.69, 9.17) is 23.2 Å². The first-order chi connectivity index (χ1) is 19.1. The monoisotopic (exact) mass is 574 g/mol. The van der Waals surface area contributed by atoms with Gasteiger partial charge in [0.05, 0.1) is 17.5 Å². The molecule has 3 aromatic carbocycles. The van der Waals surface area contributed by atoms with Gasteiger partial charge in [0, 0.05) is 23.9 Å². The van der Waals surface area contributed by atoms with Gasteiger partial charge in [0.2, 0.25) is 11.8 Å². The number of phenols is 1. The third-order valence-corrected chi connectivity index (χ3v) is 10.7. The number of hydrogen-bond donors (Lipinski definition) is 1. The number of anilines is 1. The van der Waals surface area contributed by atoms with Crippen LogP contribution < -0.4 is 4.90 Å². The van der Waals surface area contributed by atoms with Crippen molar-refractivity contribution in [3.63, 3.8) is 0 Å². The standard InChI is InChI=1S/C31H24Cl2N2O5/c1-34-28(39)30(32)15-22-19(13-14-20-23(22)27(38)35(26(20)37)17-8-3-2-4-9-17)24(31(30,33)29(34)40)21-12-11-16-7-5-6-10-18(16)25(21)36/h2-13,20,22-24,36H,14-15H2,1H3/t20-,22+,23-,24+,30+,31-/m0/s1. The van der Waals surface area contributed by atoms with Crippen molar-refractivity contribution < 1.29 is 24.3 Å². The van der Waals surface area contributed by atoms with E-state index in [0.29, 0.717) is 22.2 Å². The van der Waals surface area contributed by atoms with Crippen molar-refractivity contribution in [3.05, 3.63) is 83.9 Å². The van der Waals surface area contributed by atoms with Crippen LogP contribution in [-0.2, 0) is 19.2 Å². The minimum atomic E-state index is -1.94. The molecule has 0 aromatic heterocycles. The van der Waals surface area contributed by atoms with Crippen LogP contribution >= 0.6 is 23.2 Å². The van der Waals surface area contributed by atoms with Gasteiger partial charge in [0.25, 0.3) is 11.8 Å². The lowest BCUT2D eigenvalue weighted by Crippen LogP contribution is -2.60. The van der Waals surface area contributed by atoms with Crippen LogP contribution in [0.15, 0.2) is 78.4 Å². The van der Waals surface area contributed by atoms with Crippen LogP contribution in [0.25, 0.3) is 10.8 Å². The molecule has 1 saturated carbocycles.